The molecule has 0 aliphatic rings. The SMILES string of the molecule is CN=C(NCCCCCCCN(C)C)NCC(CO)c1ccccc1. The van der Waals surface area contributed by atoms with E-state index in [1.54, 1.807) is 7.05 Å². The van der Waals surface area contributed by atoms with Crippen LogP contribution in [0.25, 0.3) is 0 Å². The zero-order valence-corrected chi connectivity index (χ0v) is 16.2. The van der Waals surface area contributed by atoms with Crippen molar-refractivity contribution in [2.75, 3.05) is 47.4 Å². The largest absolute Gasteiger partial charge is 0.396 e. The summed E-state index contributed by atoms with van der Waals surface area (Å²) in [6, 6.07) is 10.1. The fraction of sp³-hybridized carbons (Fsp3) is 0.650. The smallest absolute Gasteiger partial charge is 0.190 e. The molecule has 1 aromatic carbocycles. The number of hydrogen-bond acceptors (Lipinski definition) is 3. The fourth-order valence-electron chi connectivity index (χ4n) is 2.74. The fourth-order valence-corrected chi connectivity index (χ4v) is 2.74. The van der Waals surface area contributed by atoms with Gasteiger partial charge in [0.05, 0.1) is 6.61 Å². The van der Waals surface area contributed by atoms with Crippen molar-refractivity contribution in [3.63, 3.8) is 0 Å². The van der Waals surface area contributed by atoms with Crippen LogP contribution in [0, 0.1) is 0 Å². The van der Waals surface area contributed by atoms with Crippen LogP contribution in [0.4, 0.5) is 0 Å². The molecule has 0 aromatic heterocycles. The van der Waals surface area contributed by atoms with E-state index in [1.165, 1.54) is 32.2 Å². The molecule has 0 heterocycles. The van der Waals surface area contributed by atoms with Gasteiger partial charge in [0.15, 0.2) is 5.96 Å². The van der Waals surface area contributed by atoms with Crippen LogP contribution in [0.15, 0.2) is 35.3 Å². The van der Waals surface area contributed by atoms with Gasteiger partial charge in [-0.2, -0.15) is 0 Å². The summed E-state index contributed by atoms with van der Waals surface area (Å²) in [6.45, 7) is 2.91. The van der Waals surface area contributed by atoms with Gasteiger partial charge in [0.2, 0.25) is 0 Å². The third-order valence-electron chi connectivity index (χ3n) is 4.31. The first kappa shape index (κ1) is 21.5. The Hall–Kier alpha value is -1.59. The molecular formula is C20H36N4O. The van der Waals surface area contributed by atoms with Crippen molar-refractivity contribution in [2.24, 2.45) is 4.99 Å². The van der Waals surface area contributed by atoms with E-state index < -0.39 is 0 Å². The molecule has 0 saturated carbocycles. The predicted molar refractivity (Wildman–Crippen MR) is 107 cm³/mol. The highest BCUT2D eigenvalue weighted by molar-refractivity contribution is 5.79. The van der Waals surface area contributed by atoms with Crippen molar-refractivity contribution >= 4 is 5.96 Å². The normalized spacial score (nSPS) is 13.1. The van der Waals surface area contributed by atoms with Gasteiger partial charge >= 0.3 is 0 Å². The molecule has 0 aliphatic carbocycles. The van der Waals surface area contributed by atoms with E-state index in [0.29, 0.717) is 6.54 Å². The van der Waals surface area contributed by atoms with E-state index in [1.807, 2.05) is 18.2 Å². The average molecular weight is 349 g/mol. The summed E-state index contributed by atoms with van der Waals surface area (Å²) in [6.07, 6.45) is 6.29. The number of aliphatic hydroxyl groups excluding tert-OH is 1. The molecule has 1 atom stereocenters. The Kier molecular flexibility index (Phi) is 11.7. The number of unbranched alkanes of at least 4 members (excludes halogenated alkanes) is 4. The highest BCUT2D eigenvalue weighted by Gasteiger charge is 2.10. The van der Waals surface area contributed by atoms with E-state index in [4.69, 9.17) is 0 Å². The summed E-state index contributed by atoms with van der Waals surface area (Å²) in [4.78, 5) is 6.50. The second-order valence-corrected chi connectivity index (χ2v) is 6.74. The minimum absolute atomic E-state index is 0.0800. The Labute approximate surface area is 153 Å². The zero-order chi connectivity index (χ0) is 18.3. The van der Waals surface area contributed by atoms with Crippen LogP contribution in [0.3, 0.4) is 0 Å². The number of aliphatic imine (C=N–C) groups is 1. The topological polar surface area (TPSA) is 59.9 Å². The first-order valence-corrected chi connectivity index (χ1v) is 9.42. The van der Waals surface area contributed by atoms with Crippen LogP contribution in [0.5, 0.6) is 0 Å². The lowest BCUT2D eigenvalue weighted by molar-refractivity contribution is 0.265. The number of nitrogens with one attached hydrogen (secondary N) is 2. The van der Waals surface area contributed by atoms with Crippen molar-refractivity contribution in [2.45, 2.75) is 38.0 Å². The van der Waals surface area contributed by atoms with Crippen molar-refractivity contribution in [3.05, 3.63) is 35.9 Å². The number of nitrogens with zero attached hydrogens (tertiary/aromatic N) is 2. The summed E-state index contributed by atoms with van der Waals surface area (Å²) < 4.78 is 0. The molecule has 0 aliphatic heterocycles. The summed E-state index contributed by atoms with van der Waals surface area (Å²) in [5.41, 5.74) is 1.14. The van der Waals surface area contributed by atoms with Gasteiger partial charge < -0.3 is 20.6 Å². The number of aliphatic hydroxyl groups is 1. The minimum Gasteiger partial charge on any atom is -0.396 e. The maximum absolute atomic E-state index is 9.61. The van der Waals surface area contributed by atoms with Gasteiger partial charge in [0, 0.05) is 26.1 Å². The van der Waals surface area contributed by atoms with Crippen molar-refractivity contribution < 1.29 is 5.11 Å². The lowest BCUT2D eigenvalue weighted by Crippen LogP contribution is -2.40. The Morgan fingerprint density at radius 3 is 2.36 bits per heavy atom. The van der Waals surface area contributed by atoms with E-state index >= 15 is 0 Å². The molecule has 5 heteroatoms. The maximum atomic E-state index is 9.61. The monoisotopic (exact) mass is 348 g/mol. The number of guanidine groups is 1. The Morgan fingerprint density at radius 1 is 1.04 bits per heavy atom. The Bertz CT molecular complexity index is 462. The van der Waals surface area contributed by atoms with Crippen molar-refractivity contribution in [1.82, 2.24) is 15.5 Å². The van der Waals surface area contributed by atoms with E-state index in [0.717, 1.165) is 24.5 Å². The molecule has 1 rings (SSSR count). The number of rotatable bonds is 12. The van der Waals surface area contributed by atoms with Gasteiger partial charge in [-0.1, -0.05) is 49.6 Å². The molecule has 0 fully saturated rings. The van der Waals surface area contributed by atoms with Gasteiger partial charge in [0.1, 0.15) is 0 Å². The summed E-state index contributed by atoms with van der Waals surface area (Å²) >= 11 is 0. The third-order valence-corrected chi connectivity index (χ3v) is 4.31. The molecule has 1 aromatic rings. The van der Waals surface area contributed by atoms with Gasteiger partial charge in [-0.05, 0) is 39.0 Å². The van der Waals surface area contributed by atoms with E-state index in [-0.39, 0.29) is 12.5 Å². The lowest BCUT2D eigenvalue weighted by Gasteiger charge is -2.18. The van der Waals surface area contributed by atoms with Crippen molar-refractivity contribution in [3.8, 4) is 0 Å². The molecule has 25 heavy (non-hydrogen) atoms. The first-order chi connectivity index (χ1) is 12.2. The second-order valence-electron chi connectivity index (χ2n) is 6.74. The van der Waals surface area contributed by atoms with Gasteiger partial charge in [-0.25, -0.2) is 0 Å². The Morgan fingerprint density at radius 2 is 1.72 bits per heavy atom. The average Bonchev–Trinajstić information content (AvgIpc) is 2.63. The molecule has 0 saturated heterocycles. The van der Waals surface area contributed by atoms with Crippen LogP contribution < -0.4 is 10.6 Å². The molecule has 0 radical (unpaired) electrons. The predicted octanol–water partition coefficient (Wildman–Crippen LogP) is 2.44. The van der Waals surface area contributed by atoms with E-state index in [9.17, 15) is 5.11 Å². The highest BCUT2D eigenvalue weighted by atomic mass is 16.3. The molecule has 0 spiro atoms. The van der Waals surface area contributed by atoms with Gasteiger partial charge in [-0.15, -0.1) is 0 Å². The summed E-state index contributed by atoms with van der Waals surface area (Å²) in [5, 5.41) is 16.3. The maximum Gasteiger partial charge on any atom is 0.190 e. The molecule has 142 valence electrons. The third kappa shape index (κ3) is 10.1. The molecular weight excluding hydrogens is 312 g/mol. The molecule has 1 unspecified atom stereocenters. The molecule has 0 bridgehead atoms. The number of benzene rings is 1. The molecule has 3 N–H and O–H groups in total. The minimum atomic E-state index is 0.0800. The quantitative estimate of drug-likeness (QED) is 0.308. The van der Waals surface area contributed by atoms with Crippen LogP contribution in [-0.2, 0) is 0 Å². The standard InChI is InChI=1S/C20H36N4O/c1-21-20(22-14-10-5-4-6-11-15-24(2)3)23-16-19(17-25)18-12-8-7-9-13-18/h7-9,12-13,19,25H,4-6,10-11,14-17H2,1-3H3,(H2,21,22,23). The van der Waals surface area contributed by atoms with Crippen LogP contribution in [0.1, 0.15) is 43.6 Å². The van der Waals surface area contributed by atoms with Gasteiger partial charge in [0.25, 0.3) is 0 Å². The first-order valence-electron chi connectivity index (χ1n) is 9.42. The number of hydrogen-bond donors (Lipinski definition) is 3. The summed E-state index contributed by atoms with van der Waals surface area (Å²) in [7, 11) is 6.04. The molecule has 0 amide bonds. The Balaban J connectivity index is 2.16. The summed E-state index contributed by atoms with van der Waals surface area (Å²) in [5.74, 6) is 0.887. The zero-order valence-electron chi connectivity index (χ0n) is 16.2. The highest BCUT2D eigenvalue weighted by Crippen LogP contribution is 2.13. The van der Waals surface area contributed by atoms with Gasteiger partial charge in [-0.3, -0.25) is 4.99 Å². The molecule has 5 nitrogen and oxygen atoms in total. The van der Waals surface area contributed by atoms with Crippen LogP contribution in [0.2, 0.25) is 0 Å². The second kappa shape index (κ2) is 13.7. The van der Waals surface area contributed by atoms with E-state index in [2.05, 4.69) is 46.8 Å². The van der Waals surface area contributed by atoms with Crippen molar-refractivity contribution in [1.29, 1.82) is 0 Å². The lowest BCUT2D eigenvalue weighted by atomic mass is 10.0. The van der Waals surface area contributed by atoms with Crippen LogP contribution >= 0.6 is 0 Å². The van der Waals surface area contributed by atoms with Crippen LogP contribution in [-0.4, -0.2) is 63.4 Å².